The molecule has 4 rings (SSSR count). The summed E-state index contributed by atoms with van der Waals surface area (Å²) in [6.07, 6.45) is -10.2. The Morgan fingerprint density at radius 2 is 1.65 bits per heavy atom. The lowest BCUT2D eigenvalue weighted by Gasteiger charge is -2.20. The summed E-state index contributed by atoms with van der Waals surface area (Å²) in [5.74, 6) is -3.49. The van der Waals surface area contributed by atoms with Gasteiger partial charge in [0, 0.05) is 26.1 Å². The van der Waals surface area contributed by atoms with Gasteiger partial charge in [0.25, 0.3) is 0 Å². The van der Waals surface area contributed by atoms with E-state index in [0.717, 1.165) is 47.4 Å². The normalized spacial score (nSPS) is 12.8. The number of aliphatic carboxylic acids is 1. The second-order valence-corrected chi connectivity index (χ2v) is 11.7. The predicted molar refractivity (Wildman–Crippen MR) is 145 cm³/mol. The number of ether oxygens (including phenoxy) is 1. The Balaban J connectivity index is 1.77. The van der Waals surface area contributed by atoms with Gasteiger partial charge in [-0.2, -0.15) is 26.3 Å². The van der Waals surface area contributed by atoms with Crippen molar-refractivity contribution in [2.75, 3.05) is 6.61 Å². The highest BCUT2D eigenvalue weighted by molar-refractivity contribution is 7.99. The van der Waals surface area contributed by atoms with E-state index in [1.807, 2.05) is 0 Å². The van der Waals surface area contributed by atoms with E-state index in [1.54, 1.807) is 26.0 Å². The van der Waals surface area contributed by atoms with Gasteiger partial charge in [0.2, 0.25) is 0 Å². The monoisotopic (exact) mass is 647 g/mol. The lowest BCUT2D eigenvalue weighted by Crippen LogP contribution is -2.13. The minimum Gasteiger partial charge on any atom is -0.482 e. The van der Waals surface area contributed by atoms with Crippen LogP contribution in [0, 0.1) is 25.5 Å². The van der Waals surface area contributed by atoms with Crippen molar-refractivity contribution < 1.29 is 49.8 Å². The first-order chi connectivity index (χ1) is 20.0. The van der Waals surface area contributed by atoms with Crippen molar-refractivity contribution >= 4 is 29.1 Å². The SMILES string of the molecule is Cc1cc(SC(Cc2c(F)cccc2C(F)(F)F)c2sc(-c3ccc(C(F)(F)F)c(F)c3)nc2C)ccc1OCC(=O)O. The number of hydrogen-bond acceptors (Lipinski definition) is 5. The third-order valence-electron chi connectivity index (χ3n) is 6.24. The molecule has 0 fully saturated rings. The third kappa shape index (κ3) is 7.66. The van der Waals surface area contributed by atoms with E-state index in [9.17, 15) is 39.9 Å². The average molecular weight is 648 g/mol. The zero-order valence-corrected chi connectivity index (χ0v) is 23.9. The van der Waals surface area contributed by atoms with Crippen molar-refractivity contribution in [2.45, 2.75) is 42.8 Å². The van der Waals surface area contributed by atoms with Crippen molar-refractivity contribution in [3.05, 3.63) is 99.1 Å². The molecule has 1 aromatic heterocycles. The lowest BCUT2D eigenvalue weighted by atomic mass is 10.0. The van der Waals surface area contributed by atoms with E-state index in [4.69, 9.17) is 9.84 Å². The topological polar surface area (TPSA) is 59.4 Å². The molecule has 4 aromatic rings. The molecule has 14 heteroatoms. The highest BCUT2D eigenvalue weighted by atomic mass is 32.2. The Morgan fingerprint density at radius 1 is 0.953 bits per heavy atom. The maximum absolute atomic E-state index is 14.9. The minimum absolute atomic E-state index is 0.0336. The predicted octanol–water partition coefficient (Wildman–Crippen LogP) is 9.28. The second-order valence-electron chi connectivity index (χ2n) is 9.35. The first kappa shape index (κ1) is 32.3. The highest BCUT2D eigenvalue weighted by Crippen LogP contribution is 2.46. The molecule has 1 atom stereocenters. The number of benzene rings is 3. The van der Waals surface area contributed by atoms with Crippen molar-refractivity contribution in [2.24, 2.45) is 0 Å². The molecule has 0 saturated heterocycles. The summed E-state index contributed by atoms with van der Waals surface area (Å²) in [7, 11) is 0. The van der Waals surface area contributed by atoms with E-state index in [-0.39, 0.29) is 16.3 Å². The number of carbonyl (C=O) groups is 1. The van der Waals surface area contributed by atoms with Crippen LogP contribution in [0.25, 0.3) is 10.6 Å². The van der Waals surface area contributed by atoms with Crippen molar-refractivity contribution in [1.29, 1.82) is 0 Å². The fraction of sp³-hybridized carbons (Fsp3) is 0.241. The van der Waals surface area contributed by atoms with Gasteiger partial charge >= 0.3 is 18.3 Å². The molecule has 0 radical (unpaired) electrons. The molecule has 1 unspecified atom stereocenters. The molecule has 3 aromatic carbocycles. The van der Waals surface area contributed by atoms with Gasteiger partial charge < -0.3 is 9.84 Å². The van der Waals surface area contributed by atoms with Crippen LogP contribution < -0.4 is 4.74 Å². The number of aromatic nitrogens is 1. The smallest absolute Gasteiger partial charge is 0.419 e. The molecule has 0 bridgehead atoms. The molecule has 4 nitrogen and oxygen atoms in total. The number of aryl methyl sites for hydroxylation is 2. The number of thioether (sulfide) groups is 1. The van der Waals surface area contributed by atoms with Crippen molar-refractivity contribution in [1.82, 2.24) is 4.98 Å². The van der Waals surface area contributed by atoms with Crippen LogP contribution in [-0.2, 0) is 23.6 Å². The van der Waals surface area contributed by atoms with E-state index in [1.165, 1.54) is 6.07 Å². The van der Waals surface area contributed by atoms with Gasteiger partial charge in [-0.25, -0.2) is 18.6 Å². The number of rotatable bonds is 9. The number of hydrogen-bond donors (Lipinski definition) is 1. The molecule has 0 aliphatic rings. The molecule has 0 saturated carbocycles. The van der Waals surface area contributed by atoms with Gasteiger partial charge in [0.15, 0.2) is 6.61 Å². The van der Waals surface area contributed by atoms with Crippen LogP contribution in [0.4, 0.5) is 35.1 Å². The van der Waals surface area contributed by atoms with Gasteiger partial charge in [-0.05, 0) is 68.3 Å². The molecule has 0 amide bonds. The molecule has 1 heterocycles. The molecule has 0 aliphatic heterocycles. The van der Waals surface area contributed by atoms with Crippen LogP contribution in [-0.4, -0.2) is 22.7 Å². The molecule has 1 N–H and O–H groups in total. The number of carboxylic acid groups (broad SMARTS) is 1. The summed E-state index contributed by atoms with van der Waals surface area (Å²) < 4.78 is 115. The van der Waals surface area contributed by atoms with Crippen LogP contribution in [0.2, 0.25) is 0 Å². The summed E-state index contributed by atoms with van der Waals surface area (Å²) >= 11 is 2.03. The lowest BCUT2D eigenvalue weighted by molar-refractivity contribution is -0.140. The van der Waals surface area contributed by atoms with E-state index < -0.39 is 64.9 Å². The molecular formula is C29H21F8NO3S2. The van der Waals surface area contributed by atoms with Crippen LogP contribution in [0.1, 0.15) is 38.1 Å². The maximum Gasteiger partial charge on any atom is 0.419 e. The van der Waals surface area contributed by atoms with E-state index >= 15 is 0 Å². The summed E-state index contributed by atoms with van der Waals surface area (Å²) in [6.45, 7) is 2.60. The third-order valence-corrected chi connectivity index (χ3v) is 8.92. The molecule has 43 heavy (non-hydrogen) atoms. The Bertz CT molecular complexity index is 1650. The average Bonchev–Trinajstić information content (AvgIpc) is 3.28. The zero-order valence-electron chi connectivity index (χ0n) is 22.2. The van der Waals surface area contributed by atoms with Crippen LogP contribution in [0.15, 0.2) is 59.5 Å². The maximum atomic E-state index is 14.9. The Hall–Kier alpha value is -3.65. The summed E-state index contributed by atoms with van der Waals surface area (Å²) in [5, 5.41) is 8.13. The highest BCUT2D eigenvalue weighted by Gasteiger charge is 2.36. The van der Waals surface area contributed by atoms with Crippen LogP contribution >= 0.6 is 23.1 Å². The van der Waals surface area contributed by atoms with Crippen LogP contribution in [0.5, 0.6) is 5.75 Å². The molecular weight excluding hydrogens is 626 g/mol. The van der Waals surface area contributed by atoms with Crippen molar-refractivity contribution in [3.63, 3.8) is 0 Å². The van der Waals surface area contributed by atoms with Crippen LogP contribution in [0.3, 0.4) is 0 Å². The Kier molecular flexibility index (Phi) is 9.40. The fourth-order valence-corrected chi connectivity index (χ4v) is 6.85. The quantitative estimate of drug-likeness (QED) is 0.145. The largest absolute Gasteiger partial charge is 0.482 e. The van der Waals surface area contributed by atoms with Gasteiger partial charge in [-0.15, -0.1) is 23.1 Å². The van der Waals surface area contributed by atoms with Gasteiger partial charge in [-0.1, -0.05) is 12.1 Å². The van der Waals surface area contributed by atoms with Gasteiger partial charge in [-0.3, -0.25) is 0 Å². The number of thiazole rings is 1. The van der Waals surface area contributed by atoms with E-state index in [0.29, 0.717) is 33.2 Å². The fourth-order valence-electron chi connectivity index (χ4n) is 4.27. The van der Waals surface area contributed by atoms with Crippen molar-refractivity contribution in [3.8, 4) is 16.3 Å². The first-order valence-corrected chi connectivity index (χ1v) is 14.0. The molecule has 228 valence electrons. The Morgan fingerprint density at radius 3 is 2.26 bits per heavy atom. The summed E-state index contributed by atoms with van der Waals surface area (Å²) in [6, 6.07) is 9.66. The summed E-state index contributed by atoms with van der Waals surface area (Å²) in [5.41, 5.74) is -2.30. The summed E-state index contributed by atoms with van der Waals surface area (Å²) in [4.78, 5) is 16.1. The van der Waals surface area contributed by atoms with Gasteiger partial charge in [0.05, 0.1) is 16.8 Å². The first-order valence-electron chi connectivity index (χ1n) is 12.4. The Labute approximate surface area is 248 Å². The zero-order chi connectivity index (χ0) is 31.7. The standard InChI is InChI=1S/C29H21F8NO3S2/c1-14-10-17(7-9-23(14)41-13-25(39)40)42-24(12-18-19(28(32,33)34)4-3-5-21(18)30)26-15(2)38-27(43-26)16-6-8-20(22(31)11-16)29(35,36)37/h3-11,24H,12-13H2,1-2H3,(H,39,40). The minimum atomic E-state index is -4.91. The molecule has 0 spiro atoms. The number of nitrogens with zero attached hydrogens (tertiary/aromatic N) is 1. The van der Waals surface area contributed by atoms with Gasteiger partial charge in [0.1, 0.15) is 22.4 Å². The number of alkyl halides is 6. The molecule has 0 aliphatic carbocycles. The number of halogens is 8. The van der Waals surface area contributed by atoms with E-state index in [2.05, 4.69) is 4.98 Å². The second kappa shape index (κ2) is 12.5. The number of carboxylic acids is 1.